The van der Waals surface area contributed by atoms with Gasteiger partial charge in [-0.15, -0.1) is 0 Å². The van der Waals surface area contributed by atoms with Gasteiger partial charge >= 0.3 is 6.18 Å². The molecule has 0 radical (unpaired) electrons. The Bertz CT molecular complexity index is 932. The SMILES string of the molecule is CCC(=N/C=C(\C)c1ccc(C2=NCC3=CCC(C(F)(F)F)C=C3N2)cc1)N(C)C. The lowest BCUT2D eigenvalue weighted by Crippen LogP contribution is -2.34. The minimum atomic E-state index is -4.23. The van der Waals surface area contributed by atoms with E-state index in [-0.39, 0.29) is 6.42 Å². The number of allylic oxidation sites excluding steroid dienone is 3. The van der Waals surface area contributed by atoms with Crippen molar-refractivity contribution in [3.05, 3.63) is 65.0 Å². The number of amidine groups is 2. The van der Waals surface area contributed by atoms with Gasteiger partial charge in [0.05, 0.1) is 12.5 Å². The van der Waals surface area contributed by atoms with Gasteiger partial charge < -0.3 is 10.2 Å². The molecule has 0 saturated heterocycles. The van der Waals surface area contributed by atoms with Gasteiger partial charge in [-0.3, -0.25) is 4.99 Å². The standard InChI is InChI=1S/C23H27F3N4/c1-5-21(30(3)4)27-13-15(2)16-6-8-17(9-7-16)22-28-14-18-10-11-19(23(24,25)26)12-20(18)29-22/h6-10,12-13,19H,5,11,14H2,1-4H3,(H,28,29)/b15-13+,27-21?. The van der Waals surface area contributed by atoms with Crippen LogP contribution in [0.2, 0.25) is 0 Å². The molecular formula is C23H27F3N4. The number of hydrogen-bond acceptors (Lipinski definition) is 3. The lowest BCUT2D eigenvalue weighted by Gasteiger charge is -2.27. The first-order valence-electron chi connectivity index (χ1n) is 10.00. The van der Waals surface area contributed by atoms with Crippen molar-refractivity contribution >= 4 is 17.2 Å². The van der Waals surface area contributed by atoms with Crippen LogP contribution in [-0.4, -0.2) is 43.4 Å². The van der Waals surface area contributed by atoms with Crippen molar-refractivity contribution in [1.82, 2.24) is 10.2 Å². The Morgan fingerprint density at radius 2 is 1.97 bits per heavy atom. The number of hydrogen-bond donors (Lipinski definition) is 1. The summed E-state index contributed by atoms with van der Waals surface area (Å²) in [6, 6.07) is 7.80. The Morgan fingerprint density at radius 3 is 2.57 bits per heavy atom. The molecule has 30 heavy (non-hydrogen) atoms. The van der Waals surface area contributed by atoms with E-state index in [1.807, 2.05) is 56.4 Å². The van der Waals surface area contributed by atoms with E-state index in [4.69, 9.17) is 0 Å². The number of aliphatic imine (C=N–C) groups is 2. The van der Waals surface area contributed by atoms with E-state index in [0.717, 1.165) is 34.5 Å². The second kappa shape index (κ2) is 8.90. The Labute approximate surface area is 175 Å². The van der Waals surface area contributed by atoms with Gasteiger partial charge in [0.25, 0.3) is 0 Å². The van der Waals surface area contributed by atoms with Crippen LogP contribution in [0, 0.1) is 5.92 Å². The van der Waals surface area contributed by atoms with Crippen LogP contribution in [0.4, 0.5) is 13.2 Å². The number of fused-ring (bicyclic) bond motifs is 1. The van der Waals surface area contributed by atoms with E-state index in [1.54, 1.807) is 6.08 Å². The molecule has 7 heteroatoms. The van der Waals surface area contributed by atoms with E-state index in [2.05, 4.69) is 22.2 Å². The summed E-state index contributed by atoms with van der Waals surface area (Å²) in [6.07, 6.45) is 1.36. The molecule has 4 nitrogen and oxygen atoms in total. The summed E-state index contributed by atoms with van der Waals surface area (Å²) < 4.78 is 39.2. The molecule has 1 atom stereocenters. The largest absolute Gasteiger partial charge is 0.395 e. The molecule has 3 rings (SSSR count). The van der Waals surface area contributed by atoms with Crippen LogP contribution >= 0.6 is 0 Å². The second-order valence-electron chi connectivity index (χ2n) is 7.67. The van der Waals surface area contributed by atoms with Crippen LogP contribution < -0.4 is 5.32 Å². The molecule has 0 aromatic heterocycles. The number of alkyl halides is 3. The Morgan fingerprint density at radius 1 is 1.27 bits per heavy atom. The molecule has 1 aliphatic carbocycles. The number of nitrogens with zero attached hydrogens (tertiary/aromatic N) is 3. The second-order valence-corrected chi connectivity index (χ2v) is 7.67. The van der Waals surface area contributed by atoms with E-state index >= 15 is 0 Å². The molecule has 1 aromatic carbocycles. The third-order valence-electron chi connectivity index (χ3n) is 5.27. The van der Waals surface area contributed by atoms with Gasteiger partial charge in [0, 0.05) is 38.0 Å². The quantitative estimate of drug-likeness (QED) is 0.544. The molecule has 0 amide bonds. The fourth-order valence-electron chi connectivity index (χ4n) is 3.41. The lowest BCUT2D eigenvalue weighted by atomic mass is 9.92. The molecule has 2 aliphatic rings. The molecule has 0 spiro atoms. The van der Waals surface area contributed by atoms with Gasteiger partial charge in [0.15, 0.2) is 0 Å². The highest BCUT2D eigenvalue weighted by atomic mass is 19.4. The fourth-order valence-corrected chi connectivity index (χ4v) is 3.41. The number of benzene rings is 1. The summed E-state index contributed by atoms with van der Waals surface area (Å²) >= 11 is 0. The number of halogens is 3. The molecule has 1 N–H and O–H groups in total. The molecule has 0 fully saturated rings. The summed E-state index contributed by atoms with van der Waals surface area (Å²) in [5.41, 5.74) is 4.23. The number of rotatable bonds is 4. The van der Waals surface area contributed by atoms with Crippen molar-refractivity contribution in [3.63, 3.8) is 0 Å². The third-order valence-corrected chi connectivity index (χ3v) is 5.27. The minimum absolute atomic E-state index is 0.0226. The molecular weight excluding hydrogens is 389 g/mol. The van der Waals surface area contributed by atoms with Crippen molar-refractivity contribution in [2.45, 2.75) is 32.9 Å². The Hall–Kier alpha value is -2.83. The average Bonchev–Trinajstić information content (AvgIpc) is 2.72. The van der Waals surface area contributed by atoms with Crippen LogP contribution in [0.1, 0.15) is 37.8 Å². The van der Waals surface area contributed by atoms with Gasteiger partial charge in [-0.05, 0) is 36.1 Å². The molecule has 1 unspecified atom stereocenters. The first kappa shape index (κ1) is 21.9. The molecule has 0 saturated carbocycles. The van der Waals surface area contributed by atoms with Crippen molar-refractivity contribution in [2.24, 2.45) is 15.9 Å². The third kappa shape index (κ3) is 5.01. The van der Waals surface area contributed by atoms with Crippen LogP contribution in [0.3, 0.4) is 0 Å². The first-order chi connectivity index (χ1) is 14.2. The maximum atomic E-state index is 13.1. The fraction of sp³-hybridized carbons (Fsp3) is 0.391. The average molecular weight is 416 g/mol. The van der Waals surface area contributed by atoms with Gasteiger partial charge in [-0.25, -0.2) is 4.99 Å². The predicted octanol–water partition coefficient (Wildman–Crippen LogP) is 5.16. The van der Waals surface area contributed by atoms with Crippen molar-refractivity contribution in [3.8, 4) is 0 Å². The monoisotopic (exact) mass is 416 g/mol. The van der Waals surface area contributed by atoms with Crippen LogP contribution in [0.15, 0.2) is 63.9 Å². The summed E-state index contributed by atoms with van der Waals surface area (Å²) in [5, 5.41) is 3.08. The number of nitrogens with one attached hydrogen (secondary N) is 1. The van der Waals surface area contributed by atoms with Gasteiger partial charge in [0.1, 0.15) is 11.7 Å². The smallest absolute Gasteiger partial charge is 0.366 e. The normalized spacial score (nSPS) is 20.0. The predicted molar refractivity (Wildman–Crippen MR) is 116 cm³/mol. The van der Waals surface area contributed by atoms with Crippen LogP contribution in [-0.2, 0) is 0 Å². The van der Waals surface area contributed by atoms with E-state index in [1.165, 1.54) is 6.08 Å². The van der Waals surface area contributed by atoms with Crippen molar-refractivity contribution in [2.75, 3.05) is 20.6 Å². The highest BCUT2D eigenvalue weighted by Gasteiger charge is 2.39. The summed E-state index contributed by atoms with van der Waals surface area (Å²) in [5.74, 6) is 0.135. The maximum Gasteiger partial charge on any atom is 0.395 e. The summed E-state index contributed by atoms with van der Waals surface area (Å²) in [7, 11) is 3.94. The van der Waals surface area contributed by atoms with Gasteiger partial charge in [-0.1, -0.05) is 37.3 Å². The van der Waals surface area contributed by atoms with E-state index < -0.39 is 12.1 Å². The van der Waals surface area contributed by atoms with E-state index in [9.17, 15) is 13.2 Å². The maximum absolute atomic E-state index is 13.1. The van der Waals surface area contributed by atoms with Gasteiger partial charge in [-0.2, -0.15) is 13.2 Å². The zero-order valence-electron chi connectivity index (χ0n) is 17.7. The summed E-state index contributed by atoms with van der Waals surface area (Å²) in [6.45, 7) is 4.45. The van der Waals surface area contributed by atoms with Crippen LogP contribution in [0.25, 0.3) is 5.57 Å². The zero-order valence-corrected chi connectivity index (χ0v) is 17.7. The lowest BCUT2D eigenvalue weighted by molar-refractivity contribution is -0.160. The van der Waals surface area contributed by atoms with Crippen LogP contribution in [0.5, 0.6) is 0 Å². The van der Waals surface area contributed by atoms with Crippen molar-refractivity contribution < 1.29 is 13.2 Å². The molecule has 1 aromatic rings. The topological polar surface area (TPSA) is 40.0 Å². The molecule has 1 heterocycles. The van der Waals surface area contributed by atoms with Gasteiger partial charge in [0.2, 0.25) is 0 Å². The Balaban J connectivity index is 1.76. The van der Waals surface area contributed by atoms with Crippen molar-refractivity contribution in [1.29, 1.82) is 0 Å². The highest BCUT2D eigenvalue weighted by Crippen LogP contribution is 2.35. The minimum Gasteiger partial charge on any atom is -0.366 e. The molecule has 0 bridgehead atoms. The molecule has 1 aliphatic heterocycles. The molecule has 160 valence electrons. The van der Waals surface area contributed by atoms with E-state index in [0.29, 0.717) is 18.1 Å². The first-order valence-corrected chi connectivity index (χ1v) is 10.00. The highest BCUT2D eigenvalue weighted by molar-refractivity contribution is 6.01. The zero-order chi connectivity index (χ0) is 21.9. The summed E-state index contributed by atoms with van der Waals surface area (Å²) in [4.78, 5) is 11.0. The Kier molecular flexibility index (Phi) is 6.48.